The third-order valence-electron chi connectivity index (χ3n) is 6.01. The molecule has 19 heavy (non-hydrogen) atoms. The van der Waals surface area contributed by atoms with E-state index in [0.29, 0.717) is 0 Å². The van der Waals surface area contributed by atoms with Gasteiger partial charge in [0.1, 0.15) is 0 Å². The van der Waals surface area contributed by atoms with Crippen molar-refractivity contribution in [2.45, 2.75) is 77.3 Å². The van der Waals surface area contributed by atoms with E-state index in [4.69, 9.17) is 0 Å². The zero-order chi connectivity index (χ0) is 13.2. The average Bonchev–Trinajstić information content (AvgIpc) is 3.04. The van der Waals surface area contributed by atoms with E-state index in [9.17, 15) is 0 Å². The highest BCUT2D eigenvalue weighted by molar-refractivity contribution is 5.11. The fourth-order valence-electron chi connectivity index (χ4n) is 4.92. The molecule has 3 rings (SSSR count). The van der Waals surface area contributed by atoms with E-state index in [2.05, 4.69) is 31.3 Å². The summed E-state index contributed by atoms with van der Waals surface area (Å²) in [5, 5.41) is 3.97. The standard InChI is InChI=1S/C18H31N/c1-3-4-14-6-9-17(10-7-14)19-13(2)18-12-15-5-8-16(18)11-15/h5,8,13-19H,3-4,6-7,9-12H2,1-2H3. The summed E-state index contributed by atoms with van der Waals surface area (Å²) in [5.74, 6) is 3.76. The molecule has 0 aliphatic heterocycles. The predicted octanol–water partition coefficient (Wildman–Crippen LogP) is 4.54. The molecule has 0 aromatic rings. The molecule has 4 atom stereocenters. The number of hydrogen-bond donors (Lipinski definition) is 1. The Morgan fingerprint density at radius 1 is 1.11 bits per heavy atom. The van der Waals surface area contributed by atoms with Gasteiger partial charge in [-0.2, -0.15) is 0 Å². The van der Waals surface area contributed by atoms with Crippen LogP contribution in [0.5, 0.6) is 0 Å². The topological polar surface area (TPSA) is 12.0 Å². The van der Waals surface area contributed by atoms with E-state index in [1.54, 1.807) is 0 Å². The van der Waals surface area contributed by atoms with E-state index in [1.165, 1.54) is 51.4 Å². The van der Waals surface area contributed by atoms with Crippen LogP contribution in [-0.2, 0) is 0 Å². The fourth-order valence-corrected chi connectivity index (χ4v) is 4.92. The SMILES string of the molecule is CCCC1CCC(NC(C)C2CC3C=CC2C3)CC1. The van der Waals surface area contributed by atoms with Gasteiger partial charge < -0.3 is 5.32 Å². The van der Waals surface area contributed by atoms with Gasteiger partial charge in [0.15, 0.2) is 0 Å². The highest BCUT2D eigenvalue weighted by atomic mass is 15.0. The van der Waals surface area contributed by atoms with Gasteiger partial charge in [0.05, 0.1) is 0 Å². The summed E-state index contributed by atoms with van der Waals surface area (Å²) in [4.78, 5) is 0. The van der Waals surface area contributed by atoms with Gasteiger partial charge in [-0.1, -0.05) is 31.9 Å². The molecule has 0 heterocycles. The van der Waals surface area contributed by atoms with Gasteiger partial charge in [-0.15, -0.1) is 0 Å². The summed E-state index contributed by atoms with van der Waals surface area (Å²) >= 11 is 0. The Morgan fingerprint density at radius 3 is 2.47 bits per heavy atom. The maximum atomic E-state index is 3.97. The largest absolute Gasteiger partial charge is 0.311 e. The number of rotatable bonds is 5. The minimum atomic E-state index is 0.729. The van der Waals surface area contributed by atoms with Crippen molar-refractivity contribution in [1.29, 1.82) is 0 Å². The third kappa shape index (κ3) is 3.07. The maximum Gasteiger partial charge on any atom is 0.00754 e. The smallest absolute Gasteiger partial charge is 0.00754 e. The van der Waals surface area contributed by atoms with Crippen molar-refractivity contribution in [3.8, 4) is 0 Å². The van der Waals surface area contributed by atoms with Crippen molar-refractivity contribution in [2.75, 3.05) is 0 Å². The molecule has 0 amide bonds. The Bertz CT molecular complexity index is 314. The molecule has 0 aromatic carbocycles. The molecule has 1 N–H and O–H groups in total. The Labute approximate surface area is 119 Å². The van der Waals surface area contributed by atoms with Crippen molar-refractivity contribution >= 4 is 0 Å². The highest BCUT2D eigenvalue weighted by Crippen LogP contribution is 2.45. The maximum absolute atomic E-state index is 3.97. The van der Waals surface area contributed by atoms with Gasteiger partial charge in [0, 0.05) is 12.1 Å². The van der Waals surface area contributed by atoms with Crippen molar-refractivity contribution in [2.24, 2.45) is 23.7 Å². The first-order valence-corrected chi connectivity index (χ1v) is 8.70. The van der Waals surface area contributed by atoms with Crippen LogP contribution in [0.15, 0.2) is 12.2 Å². The van der Waals surface area contributed by atoms with E-state index in [0.717, 1.165) is 35.8 Å². The van der Waals surface area contributed by atoms with Crippen LogP contribution in [0.4, 0.5) is 0 Å². The van der Waals surface area contributed by atoms with E-state index < -0.39 is 0 Å². The molecular formula is C18H31N. The molecule has 3 aliphatic carbocycles. The van der Waals surface area contributed by atoms with Crippen LogP contribution in [0.2, 0.25) is 0 Å². The van der Waals surface area contributed by atoms with Gasteiger partial charge >= 0.3 is 0 Å². The summed E-state index contributed by atoms with van der Waals surface area (Å²) in [6.07, 6.45) is 16.5. The molecule has 4 unspecified atom stereocenters. The zero-order valence-corrected chi connectivity index (χ0v) is 12.8. The first kappa shape index (κ1) is 13.7. The van der Waals surface area contributed by atoms with Crippen molar-refractivity contribution in [3.05, 3.63) is 12.2 Å². The van der Waals surface area contributed by atoms with Gasteiger partial charge in [0.2, 0.25) is 0 Å². The normalized spacial score (nSPS) is 42.7. The lowest BCUT2D eigenvalue weighted by Crippen LogP contribution is -2.43. The van der Waals surface area contributed by atoms with Gasteiger partial charge in [-0.25, -0.2) is 0 Å². The van der Waals surface area contributed by atoms with Crippen LogP contribution < -0.4 is 5.32 Å². The van der Waals surface area contributed by atoms with Crippen LogP contribution >= 0.6 is 0 Å². The Balaban J connectivity index is 1.43. The second-order valence-corrected chi connectivity index (χ2v) is 7.41. The molecule has 2 saturated carbocycles. The molecule has 2 fully saturated rings. The summed E-state index contributed by atoms with van der Waals surface area (Å²) in [6.45, 7) is 4.77. The van der Waals surface area contributed by atoms with Gasteiger partial charge in [-0.05, 0) is 69.1 Å². The fraction of sp³-hybridized carbons (Fsp3) is 0.889. The highest BCUT2D eigenvalue weighted by Gasteiger charge is 2.39. The molecule has 1 heteroatoms. The zero-order valence-electron chi connectivity index (χ0n) is 12.8. The molecule has 0 saturated heterocycles. The average molecular weight is 261 g/mol. The van der Waals surface area contributed by atoms with Gasteiger partial charge in [-0.3, -0.25) is 0 Å². The molecule has 0 aromatic heterocycles. The second-order valence-electron chi connectivity index (χ2n) is 7.41. The molecule has 0 spiro atoms. The van der Waals surface area contributed by atoms with Gasteiger partial charge in [0.25, 0.3) is 0 Å². The van der Waals surface area contributed by atoms with Crippen LogP contribution in [0.3, 0.4) is 0 Å². The first-order chi connectivity index (χ1) is 9.26. The van der Waals surface area contributed by atoms with Crippen LogP contribution in [0, 0.1) is 23.7 Å². The summed E-state index contributed by atoms with van der Waals surface area (Å²) in [5.41, 5.74) is 0. The Kier molecular flexibility index (Phi) is 4.31. The molecule has 1 nitrogen and oxygen atoms in total. The van der Waals surface area contributed by atoms with Crippen LogP contribution in [0.25, 0.3) is 0 Å². The number of fused-ring (bicyclic) bond motifs is 2. The minimum absolute atomic E-state index is 0.729. The van der Waals surface area contributed by atoms with Crippen molar-refractivity contribution in [3.63, 3.8) is 0 Å². The molecule has 0 radical (unpaired) electrons. The lowest BCUT2D eigenvalue weighted by molar-refractivity contribution is 0.232. The summed E-state index contributed by atoms with van der Waals surface area (Å²) < 4.78 is 0. The molecule has 2 bridgehead atoms. The number of nitrogens with one attached hydrogen (secondary N) is 1. The van der Waals surface area contributed by atoms with Crippen LogP contribution in [0.1, 0.15) is 65.2 Å². The lowest BCUT2D eigenvalue weighted by atomic mass is 9.82. The number of hydrogen-bond acceptors (Lipinski definition) is 1. The Morgan fingerprint density at radius 2 is 1.89 bits per heavy atom. The lowest BCUT2D eigenvalue weighted by Gasteiger charge is -2.34. The van der Waals surface area contributed by atoms with E-state index >= 15 is 0 Å². The number of allylic oxidation sites excluding steroid dienone is 2. The Hall–Kier alpha value is -0.300. The minimum Gasteiger partial charge on any atom is -0.311 e. The van der Waals surface area contributed by atoms with Crippen molar-refractivity contribution < 1.29 is 0 Å². The van der Waals surface area contributed by atoms with Crippen molar-refractivity contribution in [1.82, 2.24) is 5.32 Å². The van der Waals surface area contributed by atoms with E-state index in [-0.39, 0.29) is 0 Å². The van der Waals surface area contributed by atoms with E-state index in [1.807, 2.05) is 0 Å². The quantitative estimate of drug-likeness (QED) is 0.717. The molecule has 108 valence electrons. The summed E-state index contributed by atoms with van der Waals surface area (Å²) in [7, 11) is 0. The summed E-state index contributed by atoms with van der Waals surface area (Å²) in [6, 6.07) is 1.54. The monoisotopic (exact) mass is 261 g/mol. The van der Waals surface area contributed by atoms with Crippen LogP contribution in [-0.4, -0.2) is 12.1 Å². The second kappa shape index (κ2) is 5.99. The first-order valence-electron chi connectivity index (χ1n) is 8.70. The predicted molar refractivity (Wildman–Crippen MR) is 82.1 cm³/mol. The third-order valence-corrected chi connectivity index (χ3v) is 6.01. The molecular weight excluding hydrogens is 230 g/mol. The molecule has 3 aliphatic rings.